The van der Waals surface area contributed by atoms with E-state index in [9.17, 15) is 9.59 Å². The van der Waals surface area contributed by atoms with E-state index in [1.807, 2.05) is 41.5 Å². The average Bonchev–Trinajstić information content (AvgIpc) is 2.91. The lowest BCUT2D eigenvalue weighted by atomic mass is 10.2. The van der Waals surface area contributed by atoms with E-state index < -0.39 is 17.6 Å². The zero-order valence-electron chi connectivity index (χ0n) is 26.0. The minimum Gasteiger partial charge on any atom is -0.374 e. The maximum Gasteiger partial charge on any atom is 0.500 e. The van der Waals surface area contributed by atoms with Crippen molar-refractivity contribution in [1.29, 1.82) is 0 Å². The minimum atomic E-state index is -2.66. The van der Waals surface area contributed by atoms with Crippen LogP contribution in [0.2, 0.25) is 12.1 Å². The molecule has 0 aromatic carbocycles. The molecule has 0 atom stereocenters. The Kier molecular flexibility index (Phi) is 24.6. The summed E-state index contributed by atoms with van der Waals surface area (Å²) in [5.41, 5.74) is 0. The van der Waals surface area contributed by atoms with Gasteiger partial charge in [0.05, 0.1) is 0 Å². The Bertz CT molecular complexity index is 551. The highest BCUT2D eigenvalue weighted by Gasteiger charge is 2.40. The van der Waals surface area contributed by atoms with Gasteiger partial charge in [-0.1, -0.05) is 12.8 Å². The first kappa shape index (κ1) is 38.7. The van der Waals surface area contributed by atoms with Gasteiger partial charge in [0.1, 0.15) is 0 Å². The molecule has 0 fully saturated rings. The minimum absolute atomic E-state index is 0.168. The first-order valence-corrected chi connectivity index (χ1v) is 19.1. The van der Waals surface area contributed by atoms with Crippen LogP contribution < -0.4 is 21.3 Å². The van der Waals surface area contributed by atoms with Gasteiger partial charge in [-0.25, -0.2) is 9.59 Å². The fourth-order valence-electron chi connectivity index (χ4n) is 4.15. The highest BCUT2D eigenvalue weighted by Crippen LogP contribution is 2.18. The first-order chi connectivity index (χ1) is 19.4. The number of hydrogen-bond donors (Lipinski definition) is 4. The second-order valence-electron chi connectivity index (χ2n) is 8.95. The summed E-state index contributed by atoms with van der Waals surface area (Å²) in [6.45, 7) is 17.2. The van der Waals surface area contributed by atoms with E-state index in [0.717, 1.165) is 38.5 Å². The van der Waals surface area contributed by atoms with Crippen LogP contribution in [0, 0.1) is 0 Å². The summed E-state index contributed by atoms with van der Waals surface area (Å²) in [5, 5.41) is 11.6. The second kappa shape index (κ2) is 25.4. The molecular weight excluding hydrogens is 552 g/mol. The molecule has 12 nitrogen and oxygen atoms in total. The summed E-state index contributed by atoms with van der Waals surface area (Å²) in [4.78, 5) is 24.1. The van der Waals surface area contributed by atoms with Crippen molar-refractivity contribution in [3.05, 3.63) is 0 Å². The third-order valence-electron chi connectivity index (χ3n) is 5.75. The number of nitrogens with one attached hydrogen (secondary N) is 4. The third-order valence-corrected chi connectivity index (χ3v) is 12.1. The van der Waals surface area contributed by atoms with Crippen LogP contribution in [0.25, 0.3) is 0 Å². The topological polar surface area (TPSA) is 138 Å². The Labute approximate surface area is 245 Å². The number of rotatable bonds is 27. The van der Waals surface area contributed by atoms with E-state index in [-0.39, 0.29) is 12.1 Å². The molecule has 0 aromatic rings. The predicted molar refractivity (Wildman–Crippen MR) is 161 cm³/mol. The van der Waals surface area contributed by atoms with Crippen molar-refractivity contribution in [3.63, 3.8) is 0 Å². The van der Waals surface area contributed by atoms with Gasteiger partial charge in [-0.05, 0) is 67.2 Å². The summed E-state index contributed by atoms with van der Waals surface area (Å²) >= 11 is 0. The lowest BCUT2D eigenvalue weighted by Gasteiger charge is -2.28. The van der Waals surface area contributed by atoms with Gasteiger partial charge in [0, 0.05) is 77.9 Å². The molecule has 0 rings (SSSR count). The standard InChI is InChI=1S/C26H58N4O8Si2/c1-7-33-39(34-8-2,35-9-3)23-17-21-29-25(31)27-19-15-13-14-16-20-28-26(32)30-22-18-24-40(36-10-4,37-11-5)38-12-6/h7-24H2,1-6H3,(H2,27,29,31)(H2,28,30,32). The molecular formula is C26H58N4O8Si2. The maximum atomic E-state index is 12.0. The zero-order valence-corrected chi connectivity index (χ0v) is 28.0. The lowest BCUT2D eigenvalue weighted by Crippen LogP contribution is -2.46. The molecule has 0 spiro atoms. The van der Waals surface area contributed by atoms with Crippen LogP contribution in [0.4, 0.5) is 9.59 Å². The van der Waals surface area contributed by atoms with Crippen LogP contribution in [0.15, 0.2) is 0 Å². The van der Waals surface area contributed by atoms with Crippen LogP contribution in [-0.4, -0.2) is 95.5 Å². The first-order valence-electron chi connectivity index (χ1n) is 15.2. The number of carbonyl (C=O) groups is 2. The molecule has 0 aliphatic rings. The molecule has 0 aromatic heterocycles. The van der Waals surface area contributed by atoms with Crippen LogP contribution >= 0.6 is 0 Å². The molecule has 14 heteroatoms. The summed E-state index contributed by atoms with van der Waals surface area (Å²) in [6.07, 6.45) is 5.20. The lowest BCUT2D eigenvalue weighted by molar-refractivity contribution is 0.0700. The summed E-state index contributed by atoms with van der Waals surface area (Å²) < 4.78 is 35.0. The molecule has 4 N–H and O–H groups in total. The van der Waals surface area contributed by atoms with E-state index in [4.69, 9.17) is 26.6 Å². The molecule has 238 valence electrons. The molecule has 0 aliphatic heterocycles. The van der Waals surface area contributed by atoms with E-state index in [2.05, 4.69) is 21.3 Å². The van der Waals surface area contributed by atoms with Gasteiger partial charge in [-0.2, -0.15) is 0 Å². The highest BCUT2D eigenvalue weighted by atomic mass is 28.4. The van der Waals surface area contributed by atoms with E-state index in [0.29, 0.717) is 77.9 Å². The molecule has 0 radical (unpaired) electrons. The van der Waals surface area contributed by atoms with Crippen molar-refractivity contribution < 1.29 is 36.1 Å². The van der Waals surface area contributed by atoms with E-state index >= 15 is 0 Å². The smallest absolute Gasteiger partial charge is 0.374 e. The molecule has 0 saturated carbocycles. The van der Waals surface area contributed by atoms with Gasteiger partial charge < -0.3 is 47.8 Å². The van der Waals surface area contributed by atoms with Crippen molar-refractivity contribution in [1.82, 2.24) is 21.3 Å². The monoisotopic (exact) mass is 610 g/mol. The van der Waals surface area contributed by atoms with Crippen LogP contribution in [0.5, 0.6) is 0 Å². The Morgan fingerprint density at radius 2 is 0.675 bits per heavy atom. The van der Waals surface area contributed by atoms with Gasteiger partial charge in [0.25, 0.3) is 0 Å². The van der Waals surface area contributed by atoms with Crippen molar-refractivity contribution in [3.8, 4) is 0 Å². The number of unbranched alkanes of at least 4 members (excludes halogenated alkanes) is 3. The number of urea groups is 2. The normalized spacial score (nSPS) is 11.8. The molecule has 40 heavy (non-hydrogen) atoms. The summed E-state index contributed by atoms with van der Waals surface area (Å²) in [5.74, 6) is 0. The summed E-state index contributed by atoms with van der Waals surface area (Å²) in [6, 6.07) is 1.01. The Balaban J connectivity index is 3.86. The highest BCUT2D eigenvalue weighted by molar-refractivity contribution is 6.61. The third kappa shape index (κ3) is 19.0. The Morgan fingerprint density at radius 3 is 0.925 bits per heavy atom. The van der Waals surface area contributed by atoms with E-state index in [1.165, 1.54) is 0 Å². The fraction of sp³-hybridized carbons (Fsp3) is 0.923. The SMILES string of the molecule is CCO[Si](CCCNC(=O)NCCCCCCNC(=O)NCCC[Si](OCC)(OCC)OCC)(OCC)OCC. The van der Waals surface area contributed by atoms with Crippen molar-refractivity contribution in [2.75, 3.05) is 65.8 Å². The quantitative estimate of drug-likeness (QED) is 0.0809. The van der Waals surface area contributed by atoms with Gasteiger partial charge in [0.2, 0.25) is 0 Å². The number of hydrogen-bond acceptors (Lipinski definition) is 8. The Morgan fingerprint density at radius 1 is 0.425 bits per heavy atom. The molecule has 4 amide bonds. The largest absolute Gasteiger partial charge is 0.500 e. The number of carbonyl (C=O) groups excluding carboxylic acids is 2. The van der Waals surface area contributed by atoms with Crippen molar-refractivity contribution >= 4 is 29.7 Å². The van der Waals surface area contributed by atoms with Gasteiger partial charge in [0.15, 0.2) is 0 Å². The van der Waals surface area contributed by atoms with Crippen LogP contribution in [0.1, 0.15) is 80.1 Å². The zero-order chi connectivity index (χ0) is 30.0. The Hall–Kier alpha value is -1.27. The molecule has 0 bridgehead atoms. The molecule has 0 saturated heterocycles. The van der Waals surface area contributed by atoms with Gasteiger partial charge in [-0.15, -0.1) is 0 Å². The maximum absolute atomic E-state index is 12.0. The average molecular weight is 611 g/mol. The number of amides is 4. The summed E-state index contributed by atoms with van der Waals surface area (Å²) in [7, 11) is -5.32. The van der Waals surface area contributed by atoms with Crippen LogP contribution in [0.3, 0.4) is 0 Å². The van der Waals surface area contributed by atoms with Crippen molar-refractivity contribution in [2.24, 2.45) is 0 Å². The van der Waals surface area contributed by atoms with E-state index in [1.54, 1.807) is 0 Å². The predicted octanol–water partition coefficient (Wildman–Crippen LogP) is 4.02. The van der Waals surface area contributed by atoms with Gasteiger partial charge >= 0.3 is 29.7 Å². The van der Waals surface area contributed by atoms with Gasteiger partial charge in [-0.3, -0.25) is 0 Å². The van der Waals surface area contributed by atoms with Crippen molar-refractivity contribution in [2.45, 2.75) is 92.2 Å². The molecule has 0 aliphatic carbocycles. The van der Waals surface area contributed by atoms with Crippen LogP contribution in [-0.2, 0) is 26.6 Å². The second-order valence-corrected chi connectivity index (χ2v) is 14.4. The molecule has 0 heterocycles. The fourth-order valence-corrected chi connectivity index (χ4v) is 9.37. The molecule has 0 unspecified atom stereocenters.